The molecule has 2 saturated carbocycles. The fourth-order valence-corrected chi connectivity index (χ4v) is 6.00. The minimum atomic E-state index is -0.441. The predicted molar refractivity (Wildman–Crippen MR) is 148 cm³/mol. The first-order valence-electron chi connectivity index (χ1n) is 14.6. The molecule has 0 bridgehead atoms. The minimum Gasteiger partial charge on any atom is -0.462 e. The Morgan fingerprint density at radius 3 is 2.32 bits per heavy atom. The van der Waals surface area contributed by atoms with Gasteiger partial charge in [0.1, 0.15) is 5.56 Å². The molecule has 1 heterocycles. The highest BCUT2D eigenvalue weighted by atomic mass is 16.5. The summed E-state index contributed by atoms with van der Waals surface area (Å²) in [5.41, 5.74) is 2.55. The lowest BCUT2D eigenvalue weighted by atomic mass is 9.82. The van der Waals surface area contributed by atoms with Gasteiger partial charge in [0.2, 0.25) is 5.91 Å². The summed E-state index contributed by atoms with van der Waals surface area (Å²) in [6.45, 7) is 8.29. The number of aryl methyl sites for hydroxylation is 1. The molecule has 1 amide bonds. The number of aromatic nitrogens is 2. The van der Waals surface area contributed by atoms with Crippen LogP contribution >= 0.6 is 0 Å². The van der Waals surface area contributed by atoms with Gasteiger partial charge in [-0.2, -0.15) is 0 Å². The van der Waals surface area contributed by atoms with Gasteiger partial charge in [0.25, 0.3) is 0 Å². The van der Waals surface area contributed by atoms with E-state index in [0.717, 1.165) is 43.7 Å². The number of hydrogen-bond acceptors (Lipinski definition) is 4. The molecule has 202 valence electrons. The molecule has 2 aliphatic carbocycles. The SMILES string of the molecule is CCOC(=O)c1cn(-c2ccc(CCC3CCCCC3)cc2)nc1N(C(=O)C1CCC(C)CC1)C(C)C. The normalized spacial score (nSPS) is 20.7. The minimum absolute atomic E-state index is 0.0257. The van der Waals surface area contributed by atoms with Crippen molar-refractivity contribution >= 4 is 17.7 Å². The Bertz CT molecular complexity index is 1030. The van der Waals surface area contributed by atoms with Gasteiger partial charge in [-0.25, -0.2) is 9.48 Å². The van der Waals surface area contributed by atoms with Crippen molar-refractivity contribution in [2.45, 2.75) is 104 Å². The number of hydrogen-bond donors (Lipinski definition) is 0. The molecule has 6 heteroatoms. The van der Waals surface area contributed by atoms with Crippen LogP contribution in [0.2, 0.25) is 0 Å². The Morgan fingerprint density at radius 1 is 1.03 bits per heavy atom. The van der Waals surface area contributed by atoms with Crippen molar-refractivity contribution in [2.75, 3.05) is 11.5 Å². The zero-order valence-electron chi connectivity index (χ0n) is 23.2. The van der Waals surface area contributed by atoms with Gasteiger partial charge in [-0.3, -0.25) is 9.69 Å². The van der Waals surface area contributed by atoms with Crippen molar-refractivity contribution in [1.29, 1.82) is 0 Å². The molecule has 0 spiro atoms. The summed E-state index contributed by atoms with van der Waals surface area (Å²) in [6.07, 6.45) is 14.9. The smallest absolute Gasteiger partial charge is 0.343 e. The lowest BCUT2D eigenvalue weighted by Gasteiger charge is -2.32. The molecule has 2 aromatic rings. The second-order valence-corrected chi connectivity index (χ2v) is 11.5. The Kier molecular flexibility index (Phi) is 9.44. The maximum absolute atomic E-state index is 13.7. The van der Waals surface area contributed by atoms with Crippen molar-refractivity contribution in [3.8, 4) is 5.69 Å². The molecular weight excluding hydrogens is 462 g/mol. The van der Waals surface area contributed by atoms with E-state index < -0.39 is 5.97 Å². The van der Waals surface area contributed by atoms with Crippen LogP contribution in [0.25, 0.3) is 5.69 Å². The van der Waals surface area contributed by atoms with E-state index in [2.05, 4.69) is 31.2 Å². The molecule has 0 N–H and O–H groups in total. The average Bonchev–Trinajstić information content (AvgIpc) is 3.33. The van der Waals surface area contributed by atoms with E-state index in [0.29, 0.717) is 17.3 Å². The fourth-order valence-electron chi connectivity index (χ4n) is 6.00. The third-order valence-electron chi connectivity index (χ3n) is 8.30. The topological polar surface area (TPSA) is 64.4 Å². The molecular formula is C31H45N3O3. The summed E-state index contributed by atoms with van der Waals surface area (Å²) >= 11 is 0. The Balaban J connectivity index is 1.57. The van der Waals surface area contributed by atoms with Gasteiger partial charge in [-0.05, 0) is 88.8 Å². The van der Waals surface area contributed by atoms with E-state index in [4.69, 9.17) is 9.84 Å². The third kappa shape index (κ3) is 6.82. The van der Waals surface area contributed by atoms with Crippen LogP contribution in [0.5, 0.6) is 0 Å². The van der Waals surface area contributed by atoms with Crippen molar-refractivity contribution in [3.05, 3.63) is 41.6 Å². The van der Waals surface area contributed by atoms with Crippen molar-refractivity contribution in [1.82, 2.24) is 9.78 Å². The van der Waals surface area contributed by atoms with Crippen molar-refractivity contribution in [3.63, 3.8) is 0 Å². The number of carbonyl (C=O) groups is 2. The van der Waals surface area contributed by atoms with Gasteiger partial charge in [0, 0.05) is 18.2 Å². The Hall–Kier alpha value is -2.63. The van der Waals surface area contributed by atoms with Gasteiger partial charge >= 0.3 is 5.97 Å². The molecule has 6 nitrogen and oxygen atoms in total. The third-order valence-corrected chi connectivity index (χ3v) is 8.30. The maximum Gasteiger partial charge on any atom is 0.343 e. The first-order valence-corrected chi connectivity index (χ1v) is 14.6. The van der Waals surface area contributed by atoms with Crippen LogP contribution in [-0.4, -0.2) is 34.3 Å². The molecule has 0 aliphatic heterocycles. The molecule has 1 aromatic heterocycles. The van der Waals surface area contributed by atoms with Crippen LogP contribution in [0.3, 0.4) is 0 Å². The fraction of sp³-hybridized carbons (Fsp3) is 0.645. The van der Waals surface area contributed by atoms with E-state index in [1.807, 2.05) is 13.8 Å². The van der Waals surface area contributed by atoms with Gasteiger partial charge in [-0.15, -0.1) is 5.10 Å². The summed E-state index contributed by atoms with van der Waals surface area (Å²) in [5, 5.41) is 4.81. The second-order valence-electron chi connectivity index (χ2n) is 11.5. The summed E-state index contributed by atoms with van der Waals surface area (Å²) in [7, 11) is 0. The van der Waals surface area contributed by atoms with E-state index in [9.17, 15) is 9.59 Å². The molecule has 37 heavy (non-hydrogen) atoms. The van der Waals surface area contributed by atoms with E-state index in [-0.39, 0.29) is 24.5 Å². The number of esters is 1. The van der Waals surface area contributed by atoms with Gasteiger partial charge in [0.05, 0.1) is 12.3 Å². The highest BCUT2D eigenvalue weighted by molar-refractivity contribution is 6.02. The van der Waals surface area contributed by atoms with E-state index in [1.54, 1.807) is 22.7 Å². The van der Waals surface area contributed by atoms with E-state index in [1.165, 1.54) is 44.1 Å². The summed E-state index contributed by atoms with van der Waals surface area (Å²) in [6, 6.07) is 8.33. The van der Waals surface area contributed by atoms with E-state index >= 15 is 0 Å². The van der Waals surface area contributed by atoms with Crippen LogP contribution < -0.4 is 4.90 Å². The van der Waals surface area contributed by atoms with Crippen LogP contribution in [0.1, 0.15) is 108 Å². The maximum atomic E-state index is 13.7. The lowest BCUT2D eigenvalue weighted by molar-refractivity contribution is -0.124. The molecule has 2 aliphatic rings. The number of rotatable bonds is 9. The Morgan fingerprint density at radius 2 is 1.70 bits per heavy atom. The zero-order valence-corrected chi connectivity index (χ0v) is 23.2. The predicted octanol–water partition coefficient (Wildman–Crippen LogP) is 7.13. The summed E-state index contributed by atoms with van der Waals surface area (Å²) in [4.78, 5) is 28.4. The number of anilines is 1. The molecule has 2 fully saturated rings. The Labute approximate surface area is 222 Å². The molecule has 1 aromatic carbocycles. The largest absolute Gasteiger partial charge is 0.462 e. The highest BCUT2D eigenvalue weighted by Crippen LogP contribution is 2.33. The average molecular weight is 508 g/mol. The first-order chi connectivity index (χ1) is 17.9. The first kappa shape index (κ1) is 27.4. The van der Waals surface area contributed by atoms with Gasteiger partial charge in [0.15, 0.2) is 5.82 Å². The molecule has 0 unspecified atom stereocenters. The molecule has 0 atom stereocenters. The van der Waals surface area contributed by atoms with Crippen molar-refractivity contribution < 1.29 is 14.3 Å². The van der Waals surface area contributed by atoms with Crippen LogP contribution in [0.4, 0.5) is 5.82 Å². The number of carbonyl (C=O) groups excluding carboxylic acids is 2. The zero-order chi connectivity index (χ0) is 26.4. The van der Waals surface area contributed by atoms with Crippen molar-refractivity contribution in [2.24, 2.45) is 17.8 Å². The molecule has 4 rings (SSSR count). The number of amides is 1. The van der Waals surface area contributed by atoms with Crippen LogP contribution in [0, 0.1) is 17.8 Å². The summed E-state index contributed by atoms with van der Waals surface area (Å²) in [5.74, 6) is 1.53. The van der Waals surface area contributed by atoms with Gasteiger partial charge < -0.3 is 4.74 Å². The number of ether oxygens (including phenoxy) is 1. The van der Waals surface area contributed by atoms with Crippen LogP contribution in [0.15, 0.2) is 30.5 Å². The molecule has 0 radical (unpaired) electrons. The quantitative estimate of drug-likeness (QED) is 0.339. The monoisotopic (exact) mass is 507 g/mol. The summed E-state index contributed by atoms with van der Waals surface area (Å²) < 4.78 is 7.09. The van der Waals surface area contributed by atoms with Gasteiger partial charge in [-0.1, -0.05) is 51.2 Å². The van der Waals surface area contributed by atoms with Crippen LogP contribution in [-0.2, 0) is 16.0 Å². The highest BCUT2D eigenvalue weighted by Gasteiger charge is 2.34. The number of nitrogens with zero attached hydrogens (tertiary/aromatic N) is 3. The molecule has 0 saturated heterocycles. The second kappa shape index (κ2) is 12.7. The lowest BCUT2D eigenvalue weighted by Crippen LogP contribution is -2.43. The standard InChI is InChI=1S/C31H45N3O3/c1-5-37-31(36)28-21-33(27-19-15-25(16-20-27)14-13-24-9-7-6-8-10-24)32-29(28)34(22(2)3)30(35)26-17-11-23(4)12-18-26/h15-16,19-24,26H,5-14,17-18H2,1-4H3. The number of benzene rings is 1.